The molecule has 1 heterocycles. The Bertz CT molecular complexity index is 272. The molecule has 3 rings (SSSR count). The van der Waals surface area contributed by atoms with Gasteiger partial charge in [-0.25, -0.2) is 0 Å². The first-order valence-electron chi connectivity index (χ1n) is 8.10. The molecular weight excluding hydrogens is 240 g/mol. The molecule has 0 spiro atoms. The van der Waals surface area contributed by atoms with Crippen molar-refractivity contribution in [3.63, 3.8) is 0 Å². The standard InChI is InChI=1S/C15H28N2O2/c18-14-6-1-4-12(14)16-8-3-9-17(11-10-16)13-5-2-7-15(13)19/h12-15,18-19H,1-11H2. The predicted molar refractivity (Wildman–Crippen MR) is 75.1 cm³/mol. The lowest BCUT2D eigenvalue weighted by Gasteiger charge is -2.31. The molecule has 19 heavy (non-hydrogen) atoms. The Morgan fingerprint density at radius 3 is 1.42 bits per heavy atom. The monoisotopic (exact) mass is 268 g/mol. The highest BCUT2D eigenvalue weighted by molar-refractivity contribution is 4.90. The summed E-state index contributed by atoms with van der Waals surface area (Å²) < 4.78 is 0. The zero-order valence-electron chi connectivity index (χ0n) is 11.9. The molecule has 4 heteroatoms. The molecule has 0 amide bonds. The molecule has 1 aliphatic heterocycles. The number of hydrogen-bond acceptors (Lipinski definition) is 4. The van der Waals surface area contributed by atoms with E-state index in [-0.39, 0.29) is 12.2 Å². The van der Waals surface area contributed by atoms with E-state index in [1.54, 1.807) is 0 Å². The molecular formula is C15H28N2O2. The van der Waals surface area contributed by atoms with Crippen molar-refractivity contribution in [1.82, 2.24) is 9.80 Å². The van der Waals surface area contributed by atoms with Gasteiger partial charge in [0.2, 0.25) is 0 Å². The first-order valence-corrected chi connectivity index (χ1v) is 8.10. The molecule has 110 valence electrons. The Kier molecular flexibility index (Phi) is 4.42. The third-order valence-corrected chi connectivity index (χ3v) is 5.39. The Morgan fingerprint density at radius 2 is 1.05 bits per heavy atom. The molecule has 0 radical (unpaired) electrons. The van der Waals surface area contributed by atoms with Crippen LogP contribution in [0.25, 0.3) is 0 Å². The first-order chi connectivity index (χ1) is 9.25. The summed E-state index contributed by atoms with van der Waals surface area (Å²) in [4.78, 5) is 5.00. The van der Waals surface area contributed by atoms with E-state index in [0.29, 0.717) is 12.1 Å². The SMILES string of the molecule is OC1CCCC1N1CCCN(C2CCCC2O)CC1. The molecule has 3 aliphatic rings. The van der Waals surface area contributed by atoms with Crippen molar-refractivity contribution in [1.29, 1.82) is 0 Å². The second kappa shape index (κ2) is 6.08. The highest BCUT2D eigenvalue weighted by Crippen LogP contribution is 2.28. The third-order valence-electron chi connectivity index (χ3n) is 5.39. The van der Waals surface area contributed by atoms with Crippen LogP contribution >= 0.6 is 0 Å². The normalized spacial score (nSPS) is 42.6. The van der Waals surface area contributed by atoms with Crippen molar-refractivity contribution >= 4 is 0 Å². The lowest BCUT2D eigenvalue weighted by molar-refractivity contribution is 0.0590. The van der Waals surface area contributed by atoms with E-state index in [1.165, 1.54) is 19.3 Å². The van der Waals surface area contributed by atoms with Crippen molar-refractivity contribution in [3.8, 4) is 0 Å². The summed E-state index contributed by atoms with van der Waals surface area (Å²) in [7, 11) is 0. The maximum absolute atomic E-state index is 10.1. The molecule has 0 aromatic heterocycles. The predicted octanol–water partition coefficient (Wildman–Crippen LogP) is 0.821. The summed E-state index contributed by atoms with van der Waals surface area (Å²) in [6.45, 7) is 4.35. The van der Waals surface area contributed by atoms with Crippen LogP contribution in [0, 0.1) is 0 Å². The maximum atomic E-state index is 10.1. The summed E-state index contributed by atoms with van der Waals surface area (Å²) in [6.07, 6.45) is 7.58. The van der Waals surface area contributed by atoms with Crippen molar-refractivity contribution in [2.24, 2.45) is 0 Å². The fraction of sp³-hybridized carbons (Fsp3) is 1.00. The number of aliphatic hydroxyl groups excluding tert-OH is 2. The van der Waals surface area contributed by atoms with Gasteiger partial charge in [-0.3, -0.25) is 9.80 Å². The minimum Gasteiger partial charge on any atom is -0.391 e. The van der Waals surface area contributed by atoms with Gasteiger partial charge >= 0.3 is 0 Å². The van der Waals surface area contributed by atoms with Gasteiger partial charge in [0.1, 0.15) is 0 Å². The molecule has 2 N–H and O–H groups in total. The fourth-order valence-electron chi connectivity index (χ4n) is 4.31. The Hall–Kier alpha value is -0.160. The van der Waals surface area contributed by atoms with Gasteiger partial charge in [-0.15, -0.1) is 0 Å². The highest BCUT2D eigenvalue weighted by atomic mass is 16.3. The zero-order valence-corrected chi connectivity index (χ0v) is 11.9. The highest BCUT2D eigenvalue weighted by Gasteiger charge is 2.35. The molecule has 4 nitrogen and oxygen atoms in total. The molecule has 0 aromatic carbocycles. The second-order valence-electron chi connectivity index (χ2n) is 6.56. The molecule has 4 atom stereocenters. The Labute approximate surface area is 116 Å². The van der Waals surface area contributed by atoms with Gasteiger partial charge in [-0.05, 0) is 58.0 Å². The van der Waals surface area contributed by atoms with Crippen LogP contribution in [-0.4, -0.2) is 70.5 Å². The second-order valence-corrected chi connectivity index (χ2v) is 6.56. The summed E-state index contributed by atoms with van der Waals surface area (Å²) in [5.74, 6) is 0. The molecule has 2 saturated carbocycles. The van der Waals surface area contributed by atoms with Gasteiger partial charge in [0.15, 0.2) is 0 Å². The van der Waals surface area contributed by atoms with Crippen molar-refractivity contribution < 1.29 is 10.2 Å². The van der Waals surface area contributed by atoms with Crippen molar-refractivity contribution in [3.05, 3.63) is 0 Å². The van der Waals surface area contributed by atoms with Crippen LogP contribution in [0.1, 0.15) is 44.9 Å². The largest absolute Gasteiger partial charge is 0.391 e. The third kappa shape index (κ3) is 2.97. The summed E-state index contributed by atoms with van der Waals surface area (Å²) in [5, 5.41) is 20.1. The van der Waals surface area contributed by atoms with Crippen LogP contribution in [0.3, 0.4) is 0 Å². The van der Waals surface area contributed by atoms with E-state index in [1.807, 2.05) is 0 Å². The fourth-order valence-corrected chi connectivity index (χ4v) is 4.31. The van der Waals surface area contributed by atoms with Gasteiger partial charge in [-0.1, -0.05) is 0 Å². The summed E-state index contributed by atoms with van der Waals surface area (Å²) in [5.41, 5.74) is 0. The lowest BCUT2D eigenvalue weighted by atomic mass is 10.1. The van der Waals surface area contributed by atoms with Gasteiger partial charge in [0.05, 0.1) is 12.2 Å². The van der Waals surface area contributed by atoms with E-state index in [4.69, 9.17) is 0 Å². The molecule has 2 aliphatic carbocycles. The van der Waals surface area contributed by atoms with E-state index < -0.39 is 0 Å². The maximum Gasteiger partial charge on any atom is 0.0695 e. The van der Waals surface area contributed by atoms with Crippen LogP contribution in [-0.2, 0) is 0 Å². The average molecular weight is 268 g/mol. The average Bonchev–Trinajstić information content (AvgIpc) is 2.93. The quantitative estimate of drug-likeness (QED) is 0.778. The van der Waals surface area contributed by atoms with Gasteiger partial charge in [-0.2, -0.15) is 0 Å². The number of rotatable bonds is 2. The minimum absolute atomic E-state index is 0.108. The van der Waals surface area contributed by atoms with Crippen molar-refractivity contribution in [2.45, 2.75) is 69.2 Å². The van der Waals surface area contributed by atoms with Crippen LogP contribution in [0.15, 0.2) is 0 Å². The molecule has 3 fully saturated rings. The van der Waals surface area contributed by atoms with Gasteiger partial charge < -0.3 is 10.2 Å². The van der Waals surface area contributed by atoms with E-state index in [9.17, 15) is 10.2 Å². The topological polar surface area (TPSA) is 46.9 Å². The van der Waals surface area contributed by atoms with E-state index >= 15 is 0 Å². The van der Waals surface area contributed by atoms with Crippen LogP contribution in [0.5, 0.6) is 0 Å². The summed E-state index contributed by atoms with van der Waals surface area (Å²) >= 11 is 0. The smallest absolute Gasteiger partial charge is 0.0695 e. The molecule has 1 saturated heterocycles. The zero-order chi connectivity index (χ0) is 13.2. The molecule has 4 unspecified atom stereocenters. The van der Waals surface area contributed by atoms with Crippen LogP contribution in [0.4, 0.5) is 0 Å². The minimum atomic E-state index is -0.108. The summed E-state index contributed by atoms with van der Waals surface area (Å²) in [6, 6.07) is 0.793. The van der Waals surface area contributed by atoms with Gasteiger partial charge in [0.25, 0.3) is 0 Å². The number of aliphatic hydroxyl groups is 2. The van der Waals surface area contributed by atoms with Crippen LogP contribution in [0.2, 0.25) is 0 Å². The van der Waals surface area contributed by atoms with E-state index in [0.717, 1.165) is 51.9 Å². The Balaban J connectivity index is 1.56. The molecule has 0 bridgehead atoms. The van der Waals surface area contributed by atoms with Crippen LogP contribution < -0.4 is 0 Å². The first kappa shape index (κ1) is 13.8. The number of nitrogens with zero attached hydrogens (tertiary/aromatic N) is 2. The van der Waals surface area contributed by atoms with E-state index in [2.05, 4.69) is 9.80 Å². The Morgan fingerprint density at radius 1 is 0.579 bits per heavy atom. The number of hydrogen-bond donors (Lipinski definition) is 2. The van der Waals surface area contributed by atoms with Gasteiger partial charge in [0, 0.05) is 25.2 Å². The van der Waals surface area contributed by atoms with Crippen molar-refractivity contribution in [2.75, 3.05) is 26.2 Å². The lowest BCUT2D eigenvalue weighted by Crippen LogP contribution is -2.45. The molecule has 0 aromatic rings.